The molecule has 0 aliphatic carbocycles. The molecule has 0 spiro atoms. The molecule has 0 unspecified atom stereocenters. The number of aromatic nitrogens is 2. The predicted molar refractivity (Wildman–Crippen MR) is 243 cm³/mol. The molecule has 4 aromatic rings. The van der Waals surface area contributed by atoms with Crippen LogP contribution >= 0.6 is 23.4 Å². The summed E-state index contributed by atoms with van der Waals surface area (Å²) in [4.78, 5) is 33.7. The fourth-order valence-corrected chi connectivity index (χ4v) is 8.88. The Bertz CT molecular complexity index is 2160. The maximum atomic E-state index is 12.8. The Kier molecular flexibility index (Phi) is 14.1. The fraction of sp³-hybridized carbons (Fsp3) is 0.422. The van der Waals surface area contributed by atoms with Crippen LogP contribution in [0.15, 0.2) is 82.3 Å². The Hall–Kier alpha value is -4.82. The molecule has 0 saturated carbocycles. The van der Waals surface area contributed by atoms with Crippen molar-refractivity contribution >= 4 is 63.7 Å². The molecule has 1 aromatic heterocycles. The summed E-state index contributed by atoms with van der Waals surface area (Å²) in [6, 6.07) is 17.1. The molecule has 0 atom stereocenters. The number of nitrogens with two attached hydrogens (primary N) is 1. The maximum Gasteiger partial charge on any atom is 0.195 e. The average molecular weight is 841 g/mol. The van der Waals surface area contributed by atoms with Gasteiger partial charge in [-0.3, -0.25) is 19.6 Å². The number of carbonyl (C=O) groups is 1. The topological polar surface area (TPSA) is 155 Å². The van der Waals surface area contributed by atoms with Crippen LogP contribution in [0.2, 0.25) is 5.02 Å². The molecule has 3 heterocycles. The van der Waals surface area contributed by atoms with Crippen LogP contribution in [0, 0.1) is 5.92 Å². The van der Waals surface area contributed by atoms with Crippen LogP contribution < -0.4 is 26.2 Å². The van der Waals surface area contributed by atoms with Crippen molar-refractivity contribution in [1.82, 2.24) is 20.2 Å². The average Bonchev–Trinajstić information content (AvgIpc) is 3.21. The number of hydrogen-bond donors (Lipinski definition) is 5. The van der Waals surface area contributed by atoms with E-state index in [1.54, 1.807) is 18.0 Å². The van der Waals surface area contributed by atoms with Crippen molar-refractivity contribution in [2.24, 2.45) is 10.9 Å². The first kappa shape index (κ1) is 43.8. The molecule has 2 fully saturated rings. The summed E-state index contributed by atoms with van der Waals surface area (Å²) >= 11 is 8.37. The van der Waals surface area contributed by atoms with Gasteiger partial charge in [-0.1, -0.05) is 62.0 Å². The third-order valence-electron chi connectivity index (χ3n) is 11.7. The van der Waals surface area contributed by atoms with E-state index < -0.39 is 0 Å². The number of Topliss-reactive ketones (excluding diaryl/α,β-unsaturated/α-hetero) is 1. The minimum Gasteiger partial charge on any atom is -0.508 e. The van der Waals surface area contributed by atoms with Gasteiger partial charge in [-0.2, -0.15) is 0 Å². The number of rotatable bonds is 14. The van der Waals surface area contributed by atoms with Crippen LogP contribution in [0.1, 0.15) is 76.0 Å². The molecule has 6 rings (SSSR count). The largest absolute Gasteiger partial charge is 0.508 e. The van der Waals surface area contributed by atoms with E-state index in [-0.39, 0.29) is 34.6 Å². The molecular weight excluding hydrogens is 782 g/mol. The summed E-state index contributed by atoms with van der Waals surface area (Å²) < 4.78 is 0. The van der Waals surface area contributed by atoms with Crippen molar-refractivity contribution in [2.45, 2.75) is 81.3 Å². The lowest BCUT2D eigenvalue weighted by Gasteiger charge is -2.39. The van der Waals surface area contributed by atoms with Gasteiger partial charge < -0.3 is 31.5 Å². The van der Waals surface area contributed by atoms with Crippen LogP contribution in [-0.4, -0.2) is 89.1 Å². The van der Waals surface area contributed by atoms with E-state index in [0.29, 0.717) is 44.3 Å². The molecule has 0 amide bonds. The van der Waals surface area contributed by atoms with E-state index in [2.05, 4.69) is 56.0 Å². The van der Waals surface area contributed by atoms with E-state index >= 15 is 0 Å². The molecule has 6 N–H and O–H groups in total. The van der Waals surface area contributed by atoms with Gasteiger partial charge in [0.15, 0.2) is 17.4 Å². The molecular formula is C45H58ClN9O3S. The van der Waals surface area contributed by atoms with Crippen LogP contribution in [0.5, 0.6) is 11.5 Å². The quantitative estimate of drug-likeness (QED) is 0.0612. The lowest BCUT2D eigenvalue weighted by Crippen LogP contribution is -2.50. The first-order valence-corrected chi connectivity index (χ1v) is 21.5. The number of ketones is 1. The number of benzene rings is 3. The second-order valence-electron chi connectivity index (χ2n) is 16.2. The number of aliphatic imine (C=N–C) groups is 1. The van der Waals surface area contributed by atoms with Crippen molar-refractivity contribution in [3.63, 3.8) is 0 Å². The number of amidine groups is 1. The SMILES string of the molecule is C=C(c1cc(C(C)C)c(O)cc1O)N(C(=NC)C(C)=O)c1ccc(CN2CCC(CNc3cccc(Sc4ncc(N5CCC(C)(NC)CC5)nc4N)c3Cl)CC2)cc1. The number of aromatic hydroxyl groups is 2. The van der Waals surface area contributed by atoms with Crippen molar-refractivity contribution in [3.05, 3.63) is 89.1 Å². The Balaban J connectivity index is 1.03. The van der Waals surface area contributed by atoms with Gasteiger partial charge in [0.05, 0.1) is 22.6 Å². The van der Waals surface area contributed by atoms with E-state index in [4.69, 9.17) is 22.3 Å². The van der Waals surface area contributed by atoms with E-state index in [0.717, 1.165) is 86.9 Å². The number of nitrogens with one attached hydrogen (secondary N) is 2. The predicted octanol–water partition coefficient (Wildman–Crippen LogP) is 8.40. The number of hydrogen-bond acceptors (Lipinski definition) is 12. The normalized spacial score (nSPS) is 16.3. The molecule has 2 saturated heterocycles. The summed E-state index contributed by atoms with van der Waals surface area (Å²) in [6.45, 7) is 17.3. The fourth-order valence-electron chi connectivity index (χ4n) is 7.76. The van der Waals surface area contributed by atoms with Gasteiger partial charge in [-0.05, 0) is 106 Å². The van der Waals surface area contributed by atoms with Crippen LogP contribution in [0.3, 0.4) is 0 Å². The number of phenols is 2. The summed E-state index contributed by atoms with van der Waals surface area (Å²) in [5, 5.41) is 29.6. The molecule has 0 bridgehead atoms. The third-order valence-corrected chi connectivity index (χ3v) is 13.3. The smallest absolute Gasteiger partial charge is 0.195 e. The summed E-state index contributed by atoms with van der Waals surface area (Å²) in [5.74, 6) is 1.56. The Morgan fingerprint density at radius 1 is 1.10 bits per heavy atom. The monoisotopic (exact) mass is 839 g/mol. The second-order valence-corrected chi connectivity index (χ2v) is 17.6. The van der Waals surface area contributed by atoms with Crippen LogP contribution in [0.25, 0.3) is 5.70 Å². The number of nitrogens with zero attached hydrogens (tertiary/aromatic N) is 6. The third kappa shape index (κ3) is 10.3. The molecule has 314 valence electrons. The number of carbonyl (C=O) groups excluding carboxylic acids is 1. The second kappa shape index (κ2) is 19.1. The number of halogens is 1. The Labute approximate surface area is 358 Å². The van der Waals surface area contributed by atoms with Gasteiger partial charge >= 0.3 is 0 Å². The summed E-state index contributed by atoms with van der Waals surface area (Å²) in [7, 11) is 3.58. The van der Waals surface area contributed by atoms with Crippen molar-refractivity contribution < 1.29 is 15.0 Å². The minimum atomic E-state index is -0.238. The molecule has 59 heavy (non-hydrogen) atoms. The summed E-state index contributed by atoms with van der Waals surface area (Å²) in [5.41, 5.74) is 10.8. The van der Waals surface area contributed by atoms with Crippen molar-refractivity contribution in [3.8, 4) is 11.5 Å². The van der Waals surface area contributed by atoms with Gasteiger partial charge in [-0.25, -0.2) is 9.97 Å². The number of anilines is 4. The minimum absolute atomic E-state index is 0.00993. The first-order chi connectivity index (χ1) is 28.2. The molecule has 0 radical (unpaired) electrons. The van der Waals surface area contributed by atoms with Gasteiger partial charge in [0.25, 0.3) is 0 Å². The number of nitrogen functional groups attached to an aromatic ring is 1. The Morgan fingerprint density at radius 2 is 1.80 bits per heavy atom. The molecule has 2 aliphatic rings. The zero-order chi connectivity index (χ0) is 42.4. The van der Waals surface area contributed by atoms with Gasteiger partial charge in [-0.15, -0.1) is 0 Å². The standard InChI is InChI=1S/C45H58ClN9O3S/c1-28(2)34-23-35(38(58)24-37(34)57)29(3)55(43(48-6)30(4)56)33-13-11-32(12-14-33)27-53-19-15-31(16-20-53)25-50-36-9-8-10-39(41(36)46)59-44-42(47)52-40(26-51-44)54-21-17-45(5,49-7)18-22-54/h8-14,23-24,26,28,31,49-50,57-58H,3,15-22,25,27H2,1-2,4-7H3,(H2,47,52). The molecule has 14 heteroatoms. The number of likely N-dealkylation sites (tertiary alicyclic amines) is 1. The maximum absolute atomic E-state index is 12.8. The molecule has 3 aromatic carbocycles. The highest BCUT2D eigenvalue weighted by Crippen LogP contribution is 2.40. The molecule has 2 aliphatic heterocycles. The zero-order valence-corrected chi connectivity index (χ0v) is 36.6. The highest BCUT2D eigenvalue weighted by atomic mass is 35.5. The lowest BCUT2D eigenvalue weighted by molar-refractivity contribution is -0.111. The van der Waals surface area contributed by atoms with Crippen LogP contribution in [0.4, 0.5) is 23.0 Å². The molecule has 12 nitrogen and oxygen atoms in total. The highest BCUT2D eigenvalue weighted by molar-refractivity contribution is 7.99. The van der Waals surface area contributed by atoms with E-state index in [9.17, 15) is 15.0 Å². The summed E-state index contributed by atoms with van der Waals surface area (Å²) in [6.07, 6.45) is 5.98. The van der Waals surface area contributed by atoms with Crippen molar-refractivity contribution in [1.29, 1.82) is 0 Å². The van der Waals surface area contributed by atoms with Crippen LogP contribution in [-0.2, 0) is 11.3 Å². The van der Waals surface area contributed by atoms with Gasteiger partial charge in [0, 0.05) is 67.9 Å². The number of piperidine rings is 2. The lowest BCUT2D eigenvalue weighted by atomic mass is 9.90. The Morgan fingerprint density at radius 3 is 2.41 bits per heavy atom. The van der Waals surface area contributed by atoms with Crippen molar-refractivity contribution in [2.75, 3.05) is 67.7 Å². The highest BCUT2D eigenvalue weighted by Gasteiger charge is 2.30. The zero-order valence-electron chi connectivity index (χ0n) is 35.1. The number of phenolic OH excluding ortho intramolecular Hbond substituents is 2. The first-order valence-electron chi connectivity index (χ1n) is 20.3. The van der Waals surface area contributed by atoms with Gasteiger partial charge in [0.2, 0.25) is 0 Å². The van der Waals surface area contributed by atoms with E-state index in [1.165, 1.54) is 24.8 Å². The van der Waals surface area contributed by atoms with Gasteiger partial charge in [0.1, 0.15) is 22.3 Å². The van der Waals surface area contributed by atoms with E-state index in [1.807, 2.05) is 57.4 Å².